The SMILES string of the molecule is CCNCCN.O=P(O)(O)CP(=O)(O)O.O=P(O)(O)CP(=O)(O)O.O=P(O)(O)CP(=O)(O)O. The van der Waals surface area contributed by atoms with E-state index in [9.17, 15) is 27.4 Å². The van der Waals surface area contributed by atoms with Gasteiger partial charge in [0.2, 0.25) is 0 Å². The average molecular weight is 616 g/mol. The van der Waals surface area contributed by atoms with Crippen molar-refractivity contribution in [2.45, 2.75) is 6.92 Å². The molecule has 0 amide bonds. The topological polar surface area (TPSA) is 383 Å². The van der Waals surface area contributed by atoms with Crippen molar-refractivity contribution in [3.05, 3.63) is 0 Å². The van der Waals surface area contributed by atoms with E-state index in [0.717, 1.165) is 19.6 Å². The van der Waals surface area contributed by atoms with Crippen molar-refractivity contribution in [1.82, 2.24) is 5.32 Å². The van der Waals surface area contributed by atoms with Gasteiger partial charge in [-0.2, -0.15) is 0 Å². The standard InChI is InChI=1S/C4H12N2.3CH6O6P2/c1-2-6-4-3-5;3*2-8(3,4)1-9(5,6)7/h6H,2-5H2,1H3;3*1H2,(H2,2,3,4)(H2,5,6,7). The molecule has 0 aromatic carbocycles. The van der Waals surface area contributed by atoms with Crippen LogP contribution in [0.2, 0.25) is 0 Å². The fraction of sp³-hybridized carbons (Fsp3) is 1.00. The van der Waals surface area contributed by atoms with E-state index in [-0.39, 0.29) is 0 Å². The van der Waals surface area contributed by atoms with Gasteiger partial charge in [0.1, 0.15) is 0 Å². The second-order valence-corrected chi connectivity index (χ2v) is 16.9. The van der Waals surface area contributed by atoms with Gasteiger partial charge in [-0.1, -0.05) is 6.92 Å². The summed E-state index contributed by atoms with van der Waals surface area (Å²) in [6, 6.07) is 0. The Morgan fingerprint density at radius 3 is 0.727 bits per heavy atom. The average Bonchev–Trinajstić information content (AvgIpc) is 2.34. The van der Waals surface area contributed by atoms with Crippen LogP contribution in [0.25, 0.3) is 0 Å². The molecule has 0 atom stereocenters. The van der Waals surface area contributed by atoms with Crippen molar-refractivity contribution in [3.8, 4) is 0 Å². The molecule has 0 aliphatic heterocycles. The maximum absolute atomic E-state index is 9.85. The summed E-state index contributed by atoms with van der Waals surface area (Å²) in [5, 5.41) is 3.07. The van der Waals surface area contributed by atoms with E-state index in [4.69, 9.17) is 64.5 Å². The quantitative estimate of drug-likeness (QED) is 0.0936. The lowest BCUT2D eigenvalue weighted by Crippen LogP contribution is -2.21. The van der Waals surface area contributed by atoms with Crippen molar-refractivity contribution in [2.75, 3.05) is 37.3 Å². The van der Waals surface area contributed by atoms with E-state index in [0.29, 0.717) is 0 Å². The zero-order valence-electron chi connectivity index (χ0n) is 16.8. The smallest absolute Gasteiger partial charge is 0.329 e. The van der Waals surface area contributed by atoms with Crippen LogP contribution in [-0.2, 0) is 27.4 Å². The van der Waals surface area contributed by atoms with Crippen LogP contribution in [0.5, 0.6) is 0 Å². The Bertz CT molecular complexity index is 631. The van der Waals surface area contributed by atoms with Gasteiger partial charge in [-0.25, -0.2) is 0 Å². The summed E-state index contributed by atoms with van der Waals surface area (Å²) in [5.41, 5.74) is 5.15. The highest BCUT2D eigenvalue weighted by molar-refractivity contribution is 7.70. The Morgan fingerprint density at radius 2 is 0.697 bits per heavy atom. The van der Waals surface area contributed by atoms with E-state index in [1.54, 1.807) is 0 Å². The molecule has 0 radical (unpaired) electrons. The van der Waals surface area contributed by atoms with Gasteiger partial charge in [-0.05, 0) is 6.54 Å². The number of nitrogens with two attached hydrogens (primary N) is 1. The van der Waals surface area contributed by atoms with Gasteiger partial charge in [-0.3, -0.25) is 27.4 Å². The molecule has 0 unspecified atom stereocenters. The van der Waals surface area contributed by atoms with Gasteiger partial charge >= 0.3 is 45.6 Å². The summed E-state index contributed by atoms with van der Waals surface area (Å²) in [4.78, 5) is 95.7. The summed E-state index contributed by atoms with van der Waals surface area (Å²) in [5.74, 6) is -4.12. The molecule has 0 aromatic heterocycles. The van der Waals surface area contributed by atoms with Crippen molar-refractivity contribution in [2.24, 2.45) is 5.73 Å². The third kappa shape index (κ3) is 65.5. The first kappa shape index (κ1) is 41.0. The fourth-order valence-electron chi connectivity index (χ4n) is 0.999. The molecule has 0 bridgehead atoms. The van der Waals surface area contributed by atoms with E-state index < -0.39 is 63.3 Å². The summed E-state index contributed by atoms with van der Waals surface area (Å²) < 4.78 is 59.1. The first-order valence-electron chi connectivity index (χ1n) is 7.72. The Hall–Kier alpha value is 0.820. The number of hydrogen-bond donors (Lipinski definition) is 14. The van der Waals surface area contributed by atoms with Crippen LogP contribution < -0.4 is 11.1 Å². The minimum atomic E-state index is -4.55. The van der Waals surface area contributed by atoms with E-state index in [2.05, 4.69) is 12.2 Å². The Labute approximate surface area is 187 Å². The highest BCUT2D eigenvalue weighted by atomic mass is 31.2. The molecule has 0 aliphatic rings. The minimum absolute atomic E-state index is 0.744. The minimum Gasteiger partial charge on any atom is -0.329 e. The maximum Gasteiger partial charge on any atom is 0.337 e. The van der Waals surface area contributed by atoms with Crippen LogP contribution in [-0.4, -0.2) is 96.1 Å². The van der Waals surface area contributed by atoms with Gasteiger partial charge in [-0.15, -0.1) is 0 Å². The predicted octanol–water partition coefficient (Wildman–Crippen LogP) is -2.55. The molecule has 26 heteroatoms. The number of hydrogen-bond acceptors (Lipinski definition) is 8. The third-order valence-corrected chi connectivity index (χ3v) is 10.5. The van der Waals surface area contributed by atoms with Crippen LogP contribution >= 0.6 is 45.6 Å². The van der Waals surface area contributed by atoms with Crippen molar-refractivity contribution >= 4 is 45.6 Å². The van der Waals surface area contributed by atoms with E-state index in [1.807, 2.05) is 0 Å². The molecule has 0 aliphatic carbocycles. The highest BCUT2D eigenvalue weighted by Crippen LogP contribution is 2.52. The van der Waals surface area contributed by atoms with Gasteiger partial charge in [0, 0.05) is 13.1 Å². The molecule has 0 heterocycles. The summed E-state index contributed by atoms with van der Waals surface area (Å²) >= 11 is 0. The number of rotatable bonds is 9. The Balaban J connectivity index is -0.000000172. The number of likely N-dealkylation sites (N-methyl/N-ethyl adjacent to an activating group) is 1. The van der Waals surface area contributed by atoms with Crippen LogP contribution in [0.1, 0.15) is 6.92 Å². The summed E-state index contributed by atoms with van der Waals surface area (Å²) in [6.07, 6.45) is 0. The van der Waals surface area contributed by atoms with Crippen molar-refractivity contribution in [1.29, 1.82) is 0 Å². The molecule has 0 saturated carbocycles. The van der Waals surface area contributed by atoms with Gasteiger partial charge in [0.15, 0.2) is 17.7 Å². The molecular formula is C7H30N2O18P6. The lowest BCUT2D eigenvalue weighted by atomic mass is 10.6. The van der Waals surface area contributed by atoms with E-state index in [1.165, 1.54) is 0 Å². The predicted molar refractivity (Wildman–Crippen MR) is 114 cm³/mol. The first-order valence-corrected chi connectivity index (χ1v) is 18.5. The van der Waals surface area contributed by atoms with Crippen LogP contribution in [0, 0.1) is 0 Å². The molecule has 206 valence electrons. The van der Waals surface area contributed by atoms with Gasteiger partial charge in [0.05, 0.1) is 0 Å². The molecule has 0 saturated heterocycles. The molecule has 33 heavy (non-hydrogen) atoms. The fourth-order valence-corrected chi connectivity index (χ4v) is 6.76. The Morgan fingerprint density at radius 1 is 0.515 bits per heavy atom. The molecule has 0 aromatic rings. The summed E-state index contributed by atoms with van der Waals surface area (Å²) in [6.45, 7) is 4.77. The lowest BCUT2D eigenvalue weighted by molar-refractivity contribution is 0.352. The van der Waals surface area contributed by atoms with Crippen molar-refractivity contribution < 1.29 is 86.1 Å². The van der Waals surface area contributed by atoms with Crippen LogP contribution in [0.15, 0.2) is 0 Å². The van der Waals surface area contributed by atoms with E-state index >= 15 is 0 Å². The van der Waals surface area contributed by atoms with Gasteiger partial charge < -0.3 is 69.8 Å². The molecule has 0 spiro atoms. The molecule has 20 nitrogen and oxygen atoms in total. The normalized spacial score (nSPS) is 12.9. The molecule has 0 fully saturated rings. The second kappa shape index (κ2) is 17.3. The highest BCUT2D eigenvalue weighted by Gasteiger charge is 2.28. The monoisotopic (exact) mass is 616 g/mol. The third-order valence-electron chi connectivity index (χ3n) is 1.68. The number of nitrogens with one attached hydrogen (secondary N) is 1. The Kier molecular flexibility index (Phi) is 21.5. The molecule has 15 N–H and O–H groups in total. The lowest BCUT2D eigenvalue weighted by Gasteiger charge is -2.03. The van der Waals surface area contributed by atoms with Gasteiger partial charge in [0.25, 0.3) is 0 Å². The van der Waals surface area contributed by atoms with Crippen LogP contribution in [0.3, 0.4) is 0 Å². The van der Waals surface area contributed by atoms with Crippen LogP contribution in [0.4, 0.5) is 0 Å². The zero-order chi connectivity index (χ0) is 27.9. The summed E-state index contributed by atoms with van der Waals surface area (Å²) in [7, 11) is -27.3. The second-order valence-electron chi connectivity index (χ2n) is 5.55. The zero-order valence-corrected chi connectivity index (χ0v) is 22.2. The first-order chi connectivity index (χ1) is 14.0. The maximum atomic E-state index is 9.85. The van der Waals surface area contributed by atoms with Crippen molar-refractivity contribution in [3.63, 3.8) is 0 Å². The largest absolute Gasteiger partial charge is 0.337 e. The molecule has 0 rings (SSSR count). The molecular weight excluding hydrogens is 586 g/mol.